The highest BCUT2D eigenvalue weighted by molar-refractivity contribution is 6.29. The highest BCUT2D eigenvalue weighted by Gasteiger charge is 2.35. The van der Waals surface area contributed by atoms with Crippen molar-refractivity contribution >= 4 is 23.3 Å². The summed E-state index contributed by atoms with van der Waals surface area (Å²) in [4.78, 5) is 19.3. The maximum absolute atomic E-state index is 12.6. The first-order valence-corrected chi connectivity index (χ1v) is 6.09. The second-order valence-corrected chi connectivity index (χ2v) is 4.84. The summed E-state index contributed by atoms with van der Waals surface area (Å²) in [6.45, 7) is 3.42. The van der Waals surface area contributed by atoms with Crippen molar-refractivity contribution in [2.75, 3.05) is 18.5 Å². The topological polar surface area (TPSA) is 58.1 Å². The van der Waals surface area contributed by atoms with Crippen molar-refractivity contribution in [1.29, 1.82) is 0 Å². The summed E-state index contributed by atoms with van der Waals surface area (Å²) in [6.07, 6.45) is -4.69. The van der Waals surface area contributed by atoms with E-state index in [1.54, 1.807) is 13.8 Å². The van der Waals surface area contributed by atoms with Gasteiger partial charge in [0.2, 0.25) is 11.7 Å². The molecule has 0 saturated heterocycles. The van der Waals surface area contributed by atoms with E-state index in [4.69, 9.17) is 11.6 Å². The molecule has 1 N–H and O–H groups in total. The molecule has 0 radical (unpaired) electrons. The van der Waals surface area contributed by atoms with Gasteiger partial charge in [0.15, 0.2) is 0 Å². The van der Waals surface area contributed by atoms with E-state index in [2.05, 4.69) is 15.3 Å². The van der Waals surface area contributed by atoms with Crippen molar-refractivity contribution in [2.45, 2.75) is 26.1 Å². The molecule has 1 heterocycles. The van der Waals surface area contributed by atoms with Crippen LogP contribution in [0.5, 0.6) is 0 Å². The number of amides is 1. The molecule has 1 amide bonds. The lowest BCUT2D eigenvalue weighted by atomic mass is 10.3. The van der Waals surface area contributed by atoms with E-state index in [1.807, 2.05) is 0 Å². The van der Waals surface area contributed by atoms with Crippen LogP contribution in [0.25, 0.3) is 0 Å². The molecule has 1 rings (SSSR count). The lowest BCUT2D eigenvalue weighted by molar-refractivity contribution is -0.144. The fourth-order valence-electron chi connectivity index (χ4n) is 1.39. The Balaban J connectivity index is 2.90. The van der Waals surface area contributed by atoms with Gasteiger partial charge in [-0.2, -0.15) is 13.2 Å². The van der Waals surface area contributed by atoms with Crippen molar-refractivity contribution in [3.63, 3.8) is 0 Å². The Morgan fingerprint density at radius 2 is 2.05 bits per heavy atom. The average molecular weight is 311 g/mol. The maximum Gasteiger partial charge on any atom is 0.451 e. The third-order valence-electron chi connectivity index (χ3n) is 2.16. The summed E-state index contributed by atoms with van der Waals surface area (Å²) < 4.78 is 37.7. The Kier molecular flexibility index (Phi) is 5.15. The molecular weight excluding hydrogens is 297 g/mol. The van der Waals surface area contributed by atoms with Crippen molar-refractivity contribution < 1.29 is 18.0 Å². The molecule has 112 valence electrons. The van der Waals surface area contributed by atoms with Crippen molar-refractivity contribution in [2.24, 2.45) is 0 Å². The second kappa shape index (κ2) is 6.25. The summed E-state index contributed by atoms with van der Waals surface area (Å²) in [5.74, 6) is -1.74. The number of halogens is 4. The smallest absolute Gasteiger partial charge is 0.352 e. The number of rotatable bonds is 4. The SMILES string of the molecule is CC(C)NC(=O)CN(C)c1cc(Cl)nc(C(F)(F)F)n1. The molecule has 1 aromatic heterocycles. The Bertz CT molecular complexity index is 493. The van der Waals surface area contributed by atoms with E-state index in [9.17, 15) is 18.0 Å². The predicted molar refractivity (Wildman–Crippen MR) is 68.6 cm³/mol. The molecule has 20 heavy (non-hydrogen) atoms. The van der Waals surface area contributed by atoms with Crippen LogP contribution in [0, 0.1) is 0 Å². The highest BCUT2D eigenvalue weighted by Crippen LogP contribution is 2.28. The Hall–Kier alpha value is -1.57. The lowest BCUT2D eigenvalue weighted by Crippen LogP contribution is -2.39. The molecule has 0 aliphatic rings. The number of carbonyl (C=O) groups excluding carboxylic acids is 1. The maximum atomic E-state index is 12.6. The largest absolute Gasteiger partial charge is 0.451 e. The van der Waals surface area contributed by atoms with Crippen LogP contribution in [0.2, 0.25) is 5.15 Å². The molecule has 0 spiro atoms. The number of hydrogen-bond acceptors (Lipinski definition) is 4. The van der Waals surface area contributed by atoms with Crippen LogP contribution in [-0.4, -0.2) is 35.5 Å². The van der Waals surface area contributed by atoms with Crippen LogP contribution in [0.3, 0.4) is 0 Å². The van der Waals surface area contributed by atoms with Gasteiger partial charge in [0.25, 0.3) is 0 Å². The van der Waals surface area contributed by atoms with Gasteiger partial charge in [-0.05, 0) is 13.8 Å². The molecule has 0 fully saturated rings. The zero-order chi connectivity index (χ0) is 15.5. The summed E-state index contributed by atoms with van der Waals surface area (Å²) in [7, 11) is 1.44. The van der Waals surface area contributed by atoms with E-state index in [1.165, 1.54) is 18.0 Å². The molecule has 0 atom stereocenters. The van der Waals surface area contributed by atoms with Crippen LogP contribution in [0.4, 0.5) is 19.0 Å². The van der Waals surface area contributed by atoms with Gasteiger partial charge in [0.05, 0.1) is 6.54 Å². The highest BCUT2D eigenvalue weighted by atomic mass is 35.5. The minimum absolute atomic E-state index is 0.0596. The van der Waals surface area contributed by atoms with Gasteiger partial charge < -0.3 is 10.2 Å². The molecule has 5 nitrogen and oxygen atoms in total. The summed E-state index contributed by atoms with van der Waals surface area (Å²) in [5.41, 5.74) is 0. The number of hydrogen-bond donors (Lipinski definition) is 1. The fourth-order valence-corrected chi connectivity index (χ4v) is 1.57. The van der Waals surface area contributed by atoms with E-state index in [0.29, 0.717) is 0 Å². The first-order valence-electron chi connectivity index (χ1n) is 5.72. The number of nitrogens with zero attached hydrogens (tertiary/aromatic N) is 3. The summed E-state index contributed by atoms with van der Waals surface area (Å²) in [5, 5.41) is 2.29. The first-order chi connectivity index (χ1) is 9.09. The quantitative estimate of drug-likeness (QED) is 0.865. The number of likely N-dealkylation sites (N-methyl/N-ethyl adjacent to an activating group) is 1. The fraction of sp³-hybridized carbons (Fsp3) is 0.545. The van der Waals surface area contributed by atoms with E-state index in [-0.39, 0.29) is 29.5 Å². The first kappa shape index (κ1) is 16.5. The van der Waals surface area contributed by atoms with E-state index >= 15 is 0 Å². The molecule has 0 saturated carbocycles. The predicted octanol–water partition coefficient (Wildman–Crippen LogP) is 2.11. The molecule has 0 bridgehead atoms. The van der Waals surface area contributed by atoms with Gasteiger partial charge in [-0.25, -0.2) is 9.97 Å². The van der Waals surface area contributed by atoms with Crippen LogP contribution < -0.4 is 10.2 Å². The van der Waals surface area contributed by atoms with Gasteiger partial charge in [-0.15, -0.1) is 0 Å². The third kappa shape index (κ3) is 4.84. The van der Waals surface area contributed by atoms with Crippen LogP contribution >= 0.6 is 11.6 Å². The van der Waals surface area contributed by atoms with E-state index in [0.717, 1.165) is 0 Å². The molecular formula is C11H14ClF3N4O. The Morgan fingerprint density at radius 1 is 1.45 bits per heavy atom. The third-order valence-corrected chi connectivity index (χ3v) is 2.35. The molecule has 0 aromatic carbocycles. The van der Waals surface area contributed by atoms with Crippen LogP contribution in [-0.2, 0) is 11.0 Å². The molecule has 0 unspecified atom stereocenters. The van der Waals surface area contributed by atoms with Crippen molar-refractivity contribution in [1.82, 2.24) is 15.3 Å². The number of nitrogens with one attached hydrogen (secondary N) is 1. The number of aromatic nitrogens is 2. The summed E-state index contributed by atoms with van der Waals surface area (Å²) >= 11 is 5.54. The minimum Gasteiger partial charge on any atom is -0.352 e. The van der Waals surface area contributed by atoms with Crippen LogP contribution in [0.15, 0.2) is 6.07 Å². The molecule has 0 aliphatic carbocycles. The van der Waals surface area contributed by atoms with Crippen molar-refractivity contribution in [3.8, 4) is 0 Å². The van der Waals surface area contributed by atoms with Gasteiger partial charge in [-0.1, -0.05) is 11.6 Å². The Morgan fingerprint density at radius 3 is 2.55 bits per heavy atom. The molecule has 1 aromatic rings. The summed E-state index contributed by atoms with van der Waals surface area (Å²) in [6, 6.07) is 1.11. The van der Waals surface area contributed by atoms with Gasteiger partial charge in [0, 0.05) is 19.2 Å². The minimum atomic E-state index is -4.69. The second-order valence-electron chi connectivity index (χ2n) is 4.45. The number of anilines is 1. The zero-order valence-corrected chi connectivity index (χ0v) is 11.9. The normalized spacial score (nSPS) is 11.6. The zero-order valence-electron chi connectivity index (χ0n) is 11.1. The molecule has 9 heteroatoms. The average Bonchev–Trinajstić information content (AvgIpc) is 2.25. The van der Waals surface area contributed by atoms with Gasteiger partial charge in [-0.3, -0.25) is 4.79 Å². The Labute approximate surface area is 119 Å². The number of carbonyl (C=O) groups is 1. The van der Waals surface area contributed by atoms with Crippen LogP contribution in [0.1, 0.15) is 19.7 Å². The molecule has 0 aliphatic heterocycles. The lowest BCUT2D eigenvalue weighted by Gasteiger charge is -2.19. The standard InChI is InChI=1S/C11H14ClF3N4O/c1-6(2)16-9(20)5-19(3)8-4-7(12)17-10(18-8)11(13,14)15/h4,6H,5H2,1-3H3,(H,16,20). The van der Waals surface area contributed by atoms with Crippen molar-refractivity contribution in [3.05, 3.63) is 17.0 Å². The number of alkyl halides is 3. The van der Waals surface area contributed by atoms with E-state index < -0.39 is 12.0 Å². The monoisotopic (exact) mass is 310 g/mol. The van der Waals surface area contributed by atoms with Gasteiger partial charge in [0.1, 0.15) is 11.0 Å². The van der Waals surface area contributed by atoms with Gasteiger partial charge >= 0.3 is 6.18 Å².